The number of allylic oxidation sites excluding steroid dienone is 2. The first-order chi connectivity index (χ1) is 38.5. The van der Waals surface area contributed by atoms with Crippen LogP contribution in [0.4, 0.5) is 0 Å². The van der Waals surface area contributed by atoms with E-state index in [9.17, 15) is 14.4 Å². The Kier molecular flexibility index (Phi) is 66.0. The Hall–Kier alpha value is -1.85. The Balaban J connectivity index is 4.24. The zero-order chi connectivity index (χ0) is 56.4. The number of hydrogen-bond donors (Lipinski definition) is 0. The Morgan fingerprint density at radius 1 is 0.244 bits per heavy atom. The molecule has 0 aromatic rings. The van der Waals surface area contributed by atoms with Crippen molar-refractivity contribution in [2.45, 2.75) is 419 Å². The topological polar surface area (TPSA) is 78.9 Å². The van der Waals surface area contributed by atoms with Crippen LogP contribution in [0.15, 0.2) is 12.2 Å². The fourth-order valence-corrected chi connectivity index (χ4v) is 11.2. The van der Waals surface area contributed by atoms with Crippen LogP contribution in [0, 0.1) is 0 Å². The fourth-order valence-electron chi connectivity index (χ4n) is 11.2. The van der Waals surface area contributed by atoms with Crippen molar-refractivity contribution in [3.05, 3.63) is 12.2 Å². The van der Waals surface area contributed by atoms with Crippen LogP contribution in [0.3, 0.4) is 0 Å². The molecular weight excluding hydrogens is 961 g/mol. The maximum Gasteiger partial charge on any atom is 0.306 e. The SMILES string of the molecule is CCCCCCCC/C=C\CCCCCCCCCC(=O)OCC(COC(=O)CCCCCCCCCCCCCCCCCCCCCCCCCCC)OC(=O)CCCCCCCCCCCCCCCCCCCC. The van der Waals surface area contributed by atoms with Gasteiger partial charge in [0.2, 0.25) is 0 Å². The van der Waals surface area contributed by atoms with Gasteiger partial charge in [-0.3, -0.25) is 14.4 Å². The maximum absolute atomic E-state index is 12.9. The van der Waals surface area contributed by atoms with Crippen LogP contribution in [0.5, 0.6) is 0 Å². The summed E-state index contributed by atoms with van der Waals surface area (Å²) in [6.45, 7) is 6.73. The lowest BCUT2D eigenvalue weighted by atomic mass is 10.0. The molecule has 0 spiro atoms. The van der Waals surface area contributed by atoms with Gasteiger partial charge in [0.05, 0.1) is 0 Å². The average Bonchev–Trinajstić information content (AvgIpc) is 3.44. The molecule has 1 unspecified atom stereocenters. The van der Waals surface area contributed by atoms with E-state index in [0.29, 0.717) is 19.3 Å². The highest BCUT2D eigenvalue weighted by Crippen LogP contribution is 2.19. The molecule has 0 aliphatic rings. The number of ether oxygens (including phenoxy) is 3. The molecule has 0 aliphatic carbocycles. The van der Waals surface area contributed by atoms with Crippen molar-refractivity contribution in [1.82, 2.24) is 0 Å². The van der Waals surface area contributed by atoms with Crippen LogP contribution in [0.25, 0.3) is 0 Å². The second kappa shape index (κ2) is 67.7. The zero-order valence-electron chi connectivity index (χ0n) is 53.2. The van der Waals surface area contributed by atoms with Crippen molar-refractivity contribution in [3.8, 4) is 0 Å². The Morgan fingerprint density at radius 3 is 0.641 bits per heavy atom. The molecule has 0 aromatic heterocycles. The average molecular weight is 1100 g/mol. The Morgan fingerprint density at radius 2 is 0.423 bits per heavy atom. The molecule has 0 N–H and O–H groups in total. The van der Waals surface area contributed by atoms with Gasteiger partial charge < -0.3 is 14.2 Å². The van der Waals surface area contributed by atoms with E-state index in [1.54, 1.807) is 0 Å². The molecule has 0 aliphatic heterocycles. The summed E-state index contributed by atoms with van der Waals surface area (Å²) < 4.78 is 17.0. The predicted octanol–water partition coefficient (Wildman–Crippen LogP) is 24.4. The van der Waals surface area contributed by atoms with Crippen LogP contribution in [0.1, 0.15) is 412 Å². The van der Waals surface area contributed by atoms with E-state index in [1.807, 2.05) is 0 Å². The summed E-state index contributed by atoms with van der Waals surface area (Å²) in [5, 5.41) is 0. The summed E-state index contributed by atoms with van der Waals surface area (Å²) in [7, 11) is 0. The molecule has 0 saturated carbocycles. The molecule has 0 amide bonds. The van der Waals surface area contributed by atoms with Crippen molar-refractivity contribution in [2.24, 2.45) is 0 Å². The van der Waals surface area contributed by atoms with Crippen LogP contribution in [0.2, 0.25) is 0 Å². The minimum absolute atomic E-state index is 0.0642. The third-order valence-corrected chi connectivity index (χ3v) is 16.5. The van der Waals surface area contributed by atoms with E-state index in [-0.39, 0.29) is 31.1 Å². The largest absolute Gasteiger partial charge is 0.462 e. The van der Waals surface area contributed by atoms with Gasteiger partial charge in [-0.15, -0.1) is 0 Å². The zero-order valence-corrected chi connectivity index (χ0v) is 53.2. The number of unbranched alkanes of at least 4 members (excludes halogenated alkanes) is 54. The molecule has 6 heteroatoms. The second-order valence-electron chi connectivity index (χ2n) is 24.5. The lowest BCUT2D eigenvalue weighted by molar-refractivity contribution is -0.167. The highest BCUT2D eigenvalue weighted by molar-refractivity contribution is 5.71. The first kappa shape index (κ1) is 76.1. The van der Waals surface area contributed by atoms with Gasteiger partial charge in [-0.25, -0.2) is 0 Å². The summed E-state index contributed by atoms with van der Waals surface area (Å²) in [6, 6.07) is 0. The summed E-state index contributed by atoms with van der Waals surface area (Å²) in [6.07, 6.45) is 81.0. The van der Waals surface area contributed by atoms with Crippen molar-refractivity contribution in [2.75, 3.05) is 13.2 Å². The molecule has 0 saturated heterocycles. The van der Waals surface area contributed by atoms with E-state index >= 15 is 0 Å². The smallest absolute Gasteiger partial charge is 0.306 e. The van der Waals surface area contributed by atoms with Gasteiger partial charge in [-0.2, -0.15) is 0 Å². The first-order valence-corrected chi connectivity index (χ1v) is 35.7. The quantitative estimate of drug-likeness (QED) is 0.0261. The third kappa shape index (κ3) is 65.0. The van der Waals surface area contributed by atoms with Gasteiger partial charge in [0.25, 0.3) is 0 Å². The summed E-state index contributed by atoms with van der Waals surface area (Å²) >= 11 is 0. The van der Waals surface area contributed by atoms with Crippen molar-refractivity contribution < 1.29 is 28.6 Å². The van der Waals surface area contributed by atoms with E-state index < -0.39 is 6.10 Å². The fraction of sp³-hybridized carbons (Fsp3) is 0.931. The van der Waals surface area contributed by atoms with Gasteiger partial charge >= 0.3 is 17.9 Å². The van der Waals surface area contributed by atoms with Gasteiger partial charge in [0.15, 0.2) is 6.10 Å². The maximum atomic E-state index is 12.9. The molecule has 0 heterocycles. The van der Waals surface area contributed by atoms with Crippen molar-refractivity contribution >= 4 is 17.9 Å². The van der Waals surface area contributed by atoms with Crippen LogP contribution in [-0.4, -0.2) is 37.2 Å². The Bertz CT molecular complexity index is 1210. The highest BCUT2D eigenvalue weighted by atomic mass is 16.6. The third-order valence-electron chi connectivity index (χ3n) is 16.5. The van der Waals surface area contributed by atoms with E-state index in [0.717, 1.165) is 57.8 Å². The first-order valence-electron chi connectivity index (χ1n) is 35.7. The molecule has 6 nitrogen and oxygen atoms in total. The monoisotopic (exact) mass is 1100 g/mol. The van der Waals surface area contributed by atoms with Gasteiger partial charge in [-0.05, 0) is 44.9 Å². The molecular formula is C72H138O6. The van der Waals surface area contributed by atoms with Crippen LogP contribution >= 0.6 is 0 Å². The van der Waals surface area contributed by atoms with Crippen LogP contribution < -0.4 is 0 Å². The number of rotatable bonds is 67. The highest BCUT2D eigenvalue weighted by Gasteiger charge is 2.19. The lowest BCUT2D eigenvalue weighted by Crippen LogP contribution is -2.30. The predicted molar refractivity (Wildman–Crippen MR) is 340 cm³/mol. The summed E-state index contributed by atoms with van der Waals surface area (Å²) in [5.41, 5.74) is 0. The molecule has 0 rings (SSSR count). The van der Waals surface area contributed by atoms with Gasteiger partial charge in [0, 0.05) is 19.3 Å². The summed E-state index contributed by atoms with van der Waals surface area (Å²) in [5.74, 6) is -0.832. The van der Waals surface area contributed by atoms with Crippen molar-refractivity contribution in [1.29, 1.82) is 0 Å². The van der Waals surface area contributed by atoms with Gasteiger partial charge in [0.1, 0.15) is 13.2 Å². The molecule has 0 bridgehead atoms. The van der Waals surface area contributed by atoms with E-state index in [2.05, 4.69) is 32.9 Å². The van der Waals surface area contributed by atoms with Crippen LogP contribution in [-0.2, 0) is 28.6 Å². The van der Waals surface area contributed by atoms with E-state index in [4.69, 9.17) is 14.2 Å². The minimum atomic E-state index is -0.768. The number of carbonyl (C=O) groups excluding carboxylic acids is 3. The molecule has 462 valence electrons. The second-order valence-corrected chi connectivity index (χ2v) is 24.5. The van der Waals surface area contributed by atoms with Gasteiger partial charge in [-0.1, -0.05) is 360 Å². The normalized spacial score (nSPS) is 12.0. The molecule has 0 aromatic carbocycles. The minimum Gasteiger partial charge on any atom is -0.462 e. The number of hydrogen-bond acceptors (Lipinski definition) is 6. The Labute approximate surface area is 488 Å². The van der Waals surface area contributed by atoms with Crippen molar-refractivity contribution in [3.63, 3.8) is 0 Å². The molecule has 78 heavy (non-hydrogen) atoms. The molecule has 0 radical (unpaired) electrons. The molecule has 0 fully saturated rings. The standard InChI is InChI=1S/C72H138O6/c1-4-7-10-13-16-19-22-25-28-31-33-34-35-36-37-38-39-42-44-47-50-53-56-59-62-65-71(74)77-68-69(67-76-70(73)64-61-58-55-52-49-46-43-40-30-27-24-21-18-15-12-9-6-3)78-72(75)66-63-60-57-54-51-48-45-41-32-29-26-23-20-17-14-11-8-5-2/h27,30,69H,4-26,28-29,31-68H2,1-3H3/b30-27-. The number of esters is 3. The lowest BCUT2D eigenvalue weighted by Gasteiger charge is -2.18. The molecule has 1 atom stereocenters. The van der Waals surface area contributed by atoms with E-state index in [1.165, 1.54) is 315 Å². The summed E-state index contributed by atoms with van der Waals surface area (Å²) in [4.78, 5) is 38.5. The number of carbonyl (C=O) groups is 3.